The summed E-state index contributed by atoms with van der Waals surface area (Å²) < 4.78 is 6.62. The van der Waals surface area contributed by atoms with Gasteiger partial charge in [-0.2, -0.15) is 0 Å². The van der Waals surface area contributed by atoms with Crippen LogP contribution in [0.25, 0.3) is 0 Å². The van der Waals surface area contributed by atoms with E-state index in [1.165, 1.54) is 5.56 Å². The second kappa shape index (κ2) is 10.0. The van der Waals surface area contributed by atoms with Crippen LogP contribution in [0.5, 0.6) is 5.75 Å². The van der Waals surface area contributed by atoms with Gasteiger partial charge in [0.25, 0.3) is 5.91 Å². The van der Waals surface area contributed by atoms with E-state index in [0.717, 1.165) is 22.0 Å². The molecule has 0 spiro atoms. The Bertz CT molecular complexity index is 898. The average Bonchev–Trinajstić information content (AvgIpc) is 2.73. The molecule has 1 heterocycles. The van der Waals surface area contributed by atoms with Crippen molar-refractivity contribution < 1.29 is 9.53 Å². The average molecular weight is 439 g/mol. The number of pyridine rings is 1. The molecule has 1 aromatic heterocycles. The normalized spacial score (nSPS) is 10.5. The Kier molecular flexibility index (Phi) is 7.20. The summed E-state index contributed by atoms with van der Waals surface area (Å²) in [5, 5.41) is 0. The summed E-state index contributed by atoms with van der Waals surface area (Å²) in [6.07, 6.45) is 4.52. The van der Waals surface area contributed by atoms with Crippen molar-refractivity contribution in [2.24, 2.45) is 0 Å². The minimum atomic E-state index is -0.0663. The van der Waals surface area contributed by atoms with Crippen molar-refractivity contribution in [1.82, 2.24) is 9.88 Å². The Morgan fingerprint density at radius 2 is 1.75 bits per heavy atom. The number of hydrogen-bond donors (Lipinski definition) is 0. The molecule has 0 fully saturated rings. The van der Waals surface area contributed by atoms with Crippen LogP contribution >= 0.6 is 15.9 Å². The number of aromatic nitrogens is 1. The van der Waals surface area contributed by atoms with Crippen LogP contribution in [0.1, 0.15) is 23.6 Å². The van der Waals surface area contributed by atoms with E-state index in [1.807, 2.05) is 36.4 Å². The number of carbonyl (C=O) groups is 1. The van der Waals surface area contributed by atoms with Crippen molar-refractivity contribution in [3.05, 3.63) is 94.2 Å². The lowest BCUT2D eigenvalue weighted by Gasteiger charge is -2.23. The minimum absolute atomic E-state index is 0.0102. The third-order valence-corrected chi connectivity index (χ3v) is 4.91. The second-order valence-electron chi connectivity index (χ2n) is 6.53. The molecule has 0 bridgehead atoms. The van der Waals surface area contributed by atoms with Gasteiger partial charge < -0.3 is 9.64 Å². The summed E-state index contributed by atoms with van der Waals surface area (Å²) in [6.45, 7) is 3.14. The molecule has 0 unspecified atom stereocenters. The van der Waals surface area contributed by atoms with Crippen molar-refractivity contribution in [2.45, 2.75) is 26.4 Å². The van der Waals surface area contributed by atoms with Crippen molar-refractivity contribution in [2.75, 3.05) is 6.61 Å². The van der Waals surface area contributed by atoms with Crippen LogP contribution in [0.3, 0.4) is 0 Å². The standard InChI is InChI=1S/C23H23BrN2O2/c1-2-18-8-10-19(11-9-18)15-26(16-20-5-4-12-25-14-20)23(27)17-28-22-7-3-6-21(24)13-22/h3-14H,2,15-17H2,1H3. The van der Waals surface area contributed by atoms with Gasteiger partial charge in [-0.15, -0.1) is 0 Å². The van der Waals surface area contributed by atoms with Crippen molar-refractivity contribution in [3.63, 3.8) is 0 Å². The summed E-state index contributed by atoms with van der Waals surface area (Å²) in [5.41, 5.74) is 3.37. The SMILES string of the molecule is CCc1ccc(CN(Cc2cccnc2)C(=O)COc2cccc(Br)c2)cc1. The molecule has 144 valence electrons. The van der Waals surface area contributed by atoms with Crippen LogP contribution in [-0.4, -0.2) is 22.4 Å². The molecule has 0 aliphatic rings. The first kappa shape index (κ1) is 20.1. The van der Waals surface area contributed by atoms with Gasteiger partial charge in [0.05, 0.1) is 0 Å². The molecule has 0 saturated carbocycles. The monoisotopic (exact) mass is 438 g/mol. The fourth-order valence-electron chi connectivity index (χ4n) is 2.84. The first-order valence-corrected chi connectivity index (χ1v) is 10.1. The maximum atomic E-state index is 12.9. The fraction of sp³-hybridized carbons (Fsp3) is 0.217. The molecular weight excluding hydrogens is 416 g/mol. The van der Waals surface area contributed by atoms with Crippen LogP contribution in [0.2, 0.25) is 0 Å². The van der Waals surface area contributed by atoms with Crippen molar-refractivity contribution in [3.8, 4) is 5.75 Å². The zero-order chi connectivity index (χ0) is 19.8. The largest absolute Gasteiger partial charge is 0.484 e. The maximum absolute atomic E-state index is 12.9. The first-order chi connectivity index (χ1) is 13.6. The Hall–Kier alpha value is -2.66. The molecule has 0 N–H and O–H groups in total. The molecule has 0 aliphatic carbocycles. The van der Waals surface area contributed by atoms with Crippen LogP contribution in [0.4, 0.5) is 0 Å². The molecular formula is C23H23BrN2O2. The Labute approximate surface area is 174 Å². The summed E-state index contributed by atoms with van der Waals surface area (Å²) in [6, 6.07) is 19.7. The molecule has 1 amide bonds. The number of halogens is 1. The number of nitrogens with zero attached hydrogens (tertiary/aromatic N) is 2. The van der Waals surface area contributed by atoms with Crippen LogP contribution in [-0.2, 0) is 24.3 Å². The van der Waals surface area contributed by atoms with Crippen molar-refractivity contribution >= 4 is 21.8 Å². The van der Waals surface area contributed by atoms with Gasteiger partial charge in [0, 0.05) is 30.0 Å². The highest BCUT2D eigenvalue weighted by molar-refractivity contribution is 9.10. The number of hydrogen-bond acceptors (Lipinski definition) is 3. The molecule has 0 atom stereocenters. The Morgan fingerprint density at radius 1 is 1.00 bits per heavy atom. The Balaban J connectivity index is 1.71. The van der Waals surface area contributed by atoms with Gasteiger partial charge in [-0.3, -0.25) is 9.78 Å². The van der Waals surface area contributed by atoms with E-state index in [0.29, 0.717) is 18.8 Å². The predicted octanol–water partition coefficient (Wildman–Crippen LogP) is 5.01. The second-order valence-corrected chi connectivity index (χ2v) is 7.44. The van der Waals surface area contributed by atoms with E-state index in [4.69, 9.17) is 4.74 Å². The lowest BCUT2D eigenvalue weighted by molar-refractivity contribution is -0.134. The molecule has 0 saturated heterocycles. The summed E-state index contributed by atoms with van der Waals surface area (Å²) in [7, 11) is 0. The summed E-state index contributed by atoms with van der Waals surface area (Å²) in [5.74, 6) is 0.597. The predicted molar refractivity (Wildman–Crippen MR) is 114 cm³/mol. The molecule has 28 heavy (non-hydrogen) atoms. The zero-order valence-electron chi connectivity index (χ0n) is 15.8. The third kappa shape index (κ3) is 5.92. The van der Waals surface area contributed by atoms with E-state index < -0.39 is 0 Å². The number of rotatable bonds is 8. The minimum Gasteiger partial charge on any atom is -0.484 e. The molecule has 0 aliphatic heterocycles. The van der Waals surface area contributed by atoms with Gasteiger partial charge in [-0.25, -0.2) is 0 Å². The third-order valence-electron chi connectivity index (χ3n) is 4.41. The van der Waals surface area contributed by atoms with Gasteiger partial charge in [-0.05, 0) is 47.4 Å². The van der Waals surface area contributed by atoms with Gasteiger partial charge in [0.15, 0.2) is 6.61 Å². The van der Waals surface area contributed by atoms with E-state index in [2.05, 4.69) is 52.1 Å². The molecule has 3 aromatic rings. The van der Waals surface area contributed by atoms with Crippen molar-refractivity contribution in [1.29, 1.82) is 0 Å². The van der Waals surface area contributed by atoms with Gasteiger partial charge in [0.2, 0.25) is 0 Å². The smallest absolute Gasteiger partial charge is 0.261 e. The molecule has 3 rings (SSSR count). The van der Waals surface area contributed by atoms with Gasteiger partial charge in [0.1, 0.15) is 5.75 Å². The van der Waals surface area contributed by atoms with E-state index in [-0.39, 0.29) is 12.5 Å². The summed E-state index contributed by atoms with van der Waals surface area (Å²) >= 11 is 3.42. The zero-order valence-corrected chi connectivity index (χ0v) is 17.4. The molecule has 5 heteroatoms. The van der Waals surface area contributed by atoms with E-state index in [9.17, 15) is 4.79 Å². The first-order valence-electron chi connectivity index (χ1n) is 9.27. The molecule has 0 radical (unpaired) electrons. The van der Waals surface area contributed by atoms with Crippen LogP contribution < -0.4 is 4.74 Å². The molecule has 2 aromatic carbocycles. The highest BCUT2D eigenvalue weighted by Gasteiger charge is 2.16. The number of aryl methyl sites for hydroxylation is 1. The fourth-order valence-corrected chi connectivity index (χ4v) is 3.22. The van der Waals surface area contributed by atoms with Gasteiger partial charge >= 0.3 is 0 Å². The van der Waals surface area contributed by atoms with Gasteiger partial charge in [-0.1, -0.05) is 59.3 Å². The topological polar surface area (TPSA) is 42.4 Å². The number of benzene rings is 2. The lowest BCUT2D eigenvalue weighted by atomic mass is 10.1. The van der Waals surface area contributed by atoms with E-state index in [1.54, 1.807) is 17.3 Å². The van der Waals surface area contributed by atoms with Crippen LogP contribution in [0, 0.1) is 0 Å². The summed E-state index contributed by atoms with van der Waals surface area (Å²) in [4.78, 5) is 18.9. The van der Waals surface area contributed by atoms with Crippen LogP contribution in [0.15, 0.2) is 77.5 Å². The maximum Gasteiger partial charge on any atom is 0.261 e. The number of ether oxygens (including phenoxy) is 1. The number of amides is 1. The highest BCUT2D eigenvalue weighted by atomic mass is 79.9. The Morgan fingerprint density at radius 3 is 2.43 bits per heavy atom. The highest BCUT2D eigenvalue weighted by Crippen LogP contribution is 2.18. The molecule has 4 nitrogen and oxygen atoms in total. The van der Waals surface area contributed by atoms with E-state index >= 15 is 0 Å². The number of carbonyl (C=O) groups excluding carboxylic acids is 1. The lowest BCUT2D eigenvalue weighted by Crippen LogP contribution is -2.34. The quantitative estimate of drug-likeness (QED) is 0.495.